The number of aliphatic hydroxyl groups is 1. The summed E-state index contributed by atoms with van der Waals surface area (Å²) in [6.07, 6.45) is -1.60. The predicted octanol–water partition coefficient (Wildman–Crippen LogP) is 2.12. The normalized spacial score (nSPS) is 14.1. The van der Waals surface area contributed by atoms with Gasteiger partial charge in [0, 0.05) is 0 Å². The van der Waals surface area contributed by atoms with Crippen LogP contribution in [0.25, 0.3) is 0 Å². The van der Waals surface area contributed by atoms with Gasteiger partial charge in [-0.05, 0) is 31.0 Å². The summed E-state index contributed by atoms with van der Waals surface area (Å²) in [5, 5.41) is 18.0. The van der Waals surface area contributed by atoms with Crippen LogP contribution in [0.2, 0.25) is 0 Å². The third-order valence-corrected chi connectivity index (χ3v) is 2.35. The molecular formula is C12H15FO4. The maximum absolute atomic E-state index is 13.5. The molecule has 0 radical (unpaired) electrons. The second-order valence-corrected chi connectivity index (χ2v) is 3.72. The van der Waals surface area contributed by atoms with Crippen LogP contribution in [-0.2, 0) is 4.79 Å². The number of rotatable bonds is 5. The van der Waals surface area contributed by atoms with Gasteiger partial charge in [-0.2, -0.15) is 0 Å². The first kappa shape index (κ1) is 13.4. The molecule has 1 aromatic carbocycles. The van der Waals surface area contributed by atoms with Crippen LogP contribution in [0, 0.1) is 5.82 Å². The average Bonchev–Trinajstić information content (AvgIpc) is 2.26. The van der Waals surface area contributed by atoms with E-state index in [1.807, 2.05) is 0 Å². The largest absolute Gasteiger partial charge is 0.479 e. The molecule has 94 valence electrons. The highest BCUT2D eigenvalue weighted by Gasteiger charge is 2.19. The fourth-order valence-electron chi connectivity index (χ4n) is 1.33. The standard InChI is InChI=1S/C12H15FO4/c1-3-10(12(15)16)17-11-5-4-8(7(2)14)6-9(11)13/h4-7,10,14H,3H2,1-2H3,(H,15,16). The van der Waals surface area contributed by atoms with Gasteiger partial charge < -0.3 is 14.9 Å². The highest BCUT2D eigenvalue weighted by Crippen LogP contribution is 2.23. The number of aliphatic carboxylic acids is 1. The van der Waals surface area contributed by atoms with Crippen molar-refractivity contribution in [3.63, 3.8) is 0 Å². The molecule has 0 spiro atoms. The van der Waals surface area contributed by atoms with Gasteiger partial charge in [-0.15, -0.1) is 0 Å². The molecule has 0 fully saturated rings. The minimum atomic E-state index is -1.13. The summed E-state index contributed by atoms with van der Waals surface area (Å²) in [6.45, 7) is 3.16. The van der Waals surface area contributed by atoms with Gasteiger partial charge in [-0.25, -0.2) is 9.18 Å². The van der Waals surface area contributed by atoms with E-state index in [1.165, 1.54) is 19.1 Å². The van der Waals surface area contributed by atoms with E-state index in [1.54, 1.807) is 6.92 Å². The van der Waals surface area contributed by atoms with Crippen LogP contribution in [0.4, 0.5) is 4.39 Å². The molecule has 0 aliphatic carbocycles. The van der Waals surface area contributed by atoms with Crippen LogP contribution in [0.15, 0.2) is 18.2 Å². The number of hydrogen-bond acceptors (Lipinski definition) is 3. The smallest absolute Gasteiger partial charge is 0.344 e. The molecule has 0 aliphatic rings. The van der Waals surface area contributed by atoms with Crippen LogP contribution < -0.4 is 4.74 Å². The molecule has 0 bridgehead atoms. The van der Waals surface area contributed by atoms with Gasteiger partial charge in [0.05, 0.1) is 6.10 Å². The molecule has 1 rings (SSSR count). The van der Waals surface area contributed by atoms with E-state index in [2.05, 4.69) is 0 Å². The number of carboxylic acid groups (broad SMARTS) is 1. The Kier molecular flexibility index (Phi) is 4.45. The van der Waals surface area contributed by atoms with Crippen LogP contribution in [-0.4, -0.2) is 22.3 Å². The molecule has 2 unspecified atom stereocenters. The first-order valence-electron chi connectivity index (χ1n) is 5.32. The zero-order chi connectivity index (χ0) is 13.0. The SMILES string of the molecule is CCC(Oc1ccc(C(C)O)cc1F)C(=O)O. The molecule has 0 amide bonds. The molecule has 0 aromatic heterocycles. The summed E-state index contributed by atoms with van der Waals surface area (Å²) in [7, 11) is 0. The van der Waals surface area contributed by atoms with Crippen molar-refractivity contribution >= 4 is 5.97 Å². The molecule has 1 aromatic rings. The molecule has 0 aliphatic heterocycles. The van der Waals surface area contributed by atoms with E-state index in [-0.39, 0.29) is 12.2 Å². The molecule has 2 atom stereocenters. The van der Waals surface area contributed by atoms with Crippen molar-refractivity contribution in [1.82, 2.24) is 0 Å². The zero-order valence-electron chi connectivity index (χ0n) is 9.68. The van der Waals surface area contributed by atoms with Gasteiger partial charge in [-0.3, -0.25) is 0 Å². The lowest BCUT2D eigenvalue weighted by molar-refractivity contribution is -0.145. The molecular weight excluding hydrogens is 227 g/mol. The Balaban J connectivity index is 2.89. The fraction of sp³-hybridized carbons (Fsp3) is 0.417. The highest BCUT2D eigenvalue weighted by atomic mass is 19.1. The zero-order valence-corrected chi connectivity index (χ0v) is 9.68. The maximum Gasteiger partial charge on any atom is 0.344 e. The first-order chi connectivity index (χ1) is 7.95. The van der Waals surface area contributed by atoms with E-state index in [9.17, 15) is 14.3 Å². The molecule has 0 saturated carbocycles. The third-order valence-electron chi connectivity index (χ3n) is 2.35. The van der Waals surface area contributed by atoms with Crippen molar-refractivity contribution in [1.29, 1.82) is 0 Å². The highest BCUT2D eigenvalue weighted by molar-refractivity contribution is 5.72. The first-order valence-corrected chi connectivity index (χ1v) is 5.32. The number of aliphatic hydroxyl groups excluding tert-OH is 1. The molecule has 4 nitrogen and oxygen atoms in total. The van der Waals surface area contributed by atoms with Gasteiger partial charge in [0.25, 0.3) is 0 Å². The molecule has 5 heteroatoms. The Hall–Kier alpha value is -1.62. The Morgan fingerprint density at radius 1 is 1.53 bits per heavy atom. The van der Waals surface area contributed by atoms with Crippen molar-refractivity contribution in [3.05, 3.63) is 29.6 Å². The second-order valence-electron chi connectivity index (χ2n) is 3.72. The van der Waals surface area contributed by atoms with E-state index in [0.717, 1.165) is 6.07 Å². The van der Waals surface area contributed by atoms with Gasteiger partial charge in [0.1, 0.15) is 0 Å². The maximum atomic E-state index is 13.5. The molecule has 0 heterocycles. The third kappa shape index (κ3) is 3.42. The topological polar surface area (TPSA) is 66.8 Å². The second kappa shape index (κ2) is 5.63. The van der Waals surface area contributed by atoms with Gasteiger partial charge in [0.15, 0.2) is 17.7 Å². The minimum Gasteiger partial charge on any atom is -0.479 e. The Bertz CT molecular complexity index is 403. The van der Waals surface area contributed by atoms with Gasteiger partial charge >= 0.3 is 5.97 Å². The van der Waals surface area contributed by atoms with E-state index in [0.29, 0.717) is 5.56 Å². The van der Waals surface area contributed by atoms with Crippen molar-refractivity contribution in [2.75, 3.05) is 0 Å². The lowest BCUT2D eigenvalue weighted by Gasteiger charge is -2.14. The lowest BCUT2D eigenvalue weighted by atomic mass is 10.1. The van der Waals surface area contributed by atoms with E-state index >= 15 is 0 Å². The van der Waals surface area contributed by atoms with Crippen LogP contribution in [0.1, 0.15) is 31.9 Å². The average molecular weight is 242 g/mol. The summed E-state index contributed by atoms with van der Waals surface area (Å²) in [6, 6.07) is 3.95. The van der Waals surface area contributed by atoms with Gasteiger partial charge in [0.2, 0.25) is 0 Å². The van der Waals surface area contributed by atoms with E-state index < -0.39 is 24.0 Å². The van der Waals surface area contributed by atoms with Crippen molar-refractivity contribution < 1.29 is 24.1 Å². The fourth-order valence-corrected chi connectivity index (χ4v) is 1.33. The van der Waals surface area contributed by atoms with Crippen molar-refractivity contribution in [2.24, 2.45) is 0 Å². The lowest BCUT2D eigenvalue weighted by Crippen LogP contribution is -2.26. The number of halogens is 1. The van der Waals surface area contributed by atoms with Gasteiger partial charge in [-0.1, -0.05) is 13.0 Å². The quantitative estimate of drug-likeness (QED) is 0.830. The minimum absolute atomic E-state index is 0.122. The monoisotopic (exact) mass is 242 g/mol. The van der Waals surface area contributed by atoms with Crippen LogP contribution in [0.5, 0.6) is 5.75 Å². The number of carbonyl (C=O) groups is 1. The van der Waals surface area contributed by atoms with Crippen molar-refractivity contribution in [3.8, 4) is 5.75 Å². The van der Waals surface area contributed by atoms with Crippen LogP contribution in [0.3, 0.4) is 0 Å². The summed E-state index contributed by atoms with van der Waals surface area (Å²) >= 11 is 0. The summed E-state index contributed by atoms with van der Waals surface area (Å²) in [5.41, 5.74) is 0.415. The number of ether oxygens (including phenoxy) is 1. The summed E-state index contributed by atoms with van der Waals surface area (Å²) in [5.74, 6) is -1.93. The Labute approximate surface area is 98.7 Å². The predicted molar refractivity (Wildman–Crippen MR) is 59.4 cm³/mol. The Morgan fingerprint density at radius 2 is 2.18 bits per heavy atom. The molecule has 0 saturated heterocycles. The number of carboxylic acids is 1. The summed E-state index contributed by atoms with van der Waals surface area (Å²) < 4.78 is 18.6. The van der Waals surface area contributed by atoms with Crippen molar-refractivity contribution in [2.45, 2.75) is 32.5 Å². The summed E-state index contributed by atoms with van der Waals surface area (Å²) in [4.78, 5) is 10.7. The number of benzene rings is 1. The van der Waals surface area contributed by atoms with E-state index in [4.69, 9.17) is 9.84 Å². The molecule has 17 heavy (non-hydrogen) atoms. The number of hydrogen-bond donors (Lipinski definition) is 2. The molecule has 2 N–H and O–H groups in total. The Morgan fingerprint density at radius 3 is 2.59 bits per heavy atom. The van der Waals surface area contributed by atoms with Crippen LogP contribution >= 0.6 is 0 Å².